The number of rotatable bonds is 5. The zero-order chi connectivity index (χ0) is 22.2. The van der Waals surface area contributed by atoms with Crippen LogP contribution in [0.3, 0.4) is 0 Å². The highest BCUT2D eigenvalue weighted by atomic mass is 32.2. The molecule has 4 heterocycles. The molecular weight excluding hydrogens is 435 g/mol. The van der Waals surface area contributed by atoms with E-state index in [9.17, 15) is 13.4 Å². The van der Waals surface area contributed by atoms with Gasteiger partial charge in [-0.2, -0.15) is 4.98 Å². The van der Waals surface area contributed by atoms with Gasteiger partial charge >= 0.3 is 5.97 Å². The average Bonchev–Trinajstić information content (AvgIpc) is 3.16. The fourth-order valence-electron chi connectivity index (χ4n) is 4.31. The Hall–Kier alpha value is -2.59. The van der Waals surface area contributed by atoms with E-state index in [1.807, 2.05) is 11.9 Å². The molecule has 2 fully saturated rings. The molecule has 8 nitrogen and oxygen atoms in total. The number of halogens is 1. The molecule has 0 amide bonds. The first-order chi connectivity index (χ1) is 15.5. The maximum Gasteiger partial charge on any atom is 0.341 e. The van der Waals surface area contributed by atoms with Crippen LogP contribution >= 0.6 is 0 Å². The number of carbonyl (C=O) groups is 1. The van der Waals surface area contributed by atoms with E-state index in [2.05, 4.69) is 9.88 Å². The molecule has 2 saturated heterocycles. The summed E-state index contributed by atoms with van der Waals surface area (Å²) in [7, 11) is 0.894. The van der Waals surface area contributed by atoms with Crippen LogP contribution in [0.5, 0.6) is 0 Å². The molecule has 0 bridgehead atoms. The average molecular weight is 461 g/mol. The number of nitrogens with zero attached hydrogens (tertiary/aromatic N) is 4. The molecule has 0 aliphatic carbocycles. The third kappa shape index (κ3) is 3.97. The van der Waals surface area contributed by atoms with E-state index in [4.69, 9.17) is 14.5 Å². The Balaban J connectivity index is 1.31. The Morgan fingerprint density at radius 3 is 2.75 bits per heavy atom. The van der Waals surface area contributed by atoms with E-state index in [0.717, 1.165) is 29.2 Å². The first-order valence-corrected chi connectivity index (χ1v) is 12.1. The fraction of sp³-hybridized carbons (Fsp3) is 0.500. The van der Waals surface area contributed by atoms with E-state index in [1.54, 1.807) is 6.07 Å². The summed E-state index contributed by atoms with van der Waals surface area (Å²) in [4.78, 5) is 26.5. The van der Waals surface area contributed by atoms with Crippen LogP contribution in [0.15, 0.2) is 29.2 Å². The second-order valence-electron chi connectivity index (χ2n) is 8.29. The zero-order valence-corrected chi connectivity index (χ0v) is 18.6. The predicted octanol–water partition coefficient (Wildman–Crippen LogP) is 1.94. The van der Waals surface area contributed by atoms with Crippen molar-refractivity contribution in [2.24, 2.45) is 0 Å². The van der Waals surface area contributed by atoms with Crippen LogP contribution in [-0.4, -0.2) is 71.4 Å². The summed E-state index contributed by atoms with van der Waals surface area (Å²) in [6, 6.07) is 6.06. The summed E-state index contributed by atoms with van der Waals surface area (Å²) >= 11 is 0. The van der Waals surface area contributed by atoms with Gasteiger partial charge in [-0.25, -0.2) is 14.2 Å². The standard InChI is InChI=1S/C22H25FN4O4S/c1-26(14-6-9-30-10-7-14)20-19-18(8-11-32(19)29)24-22(25-20)27-12-15(13-27)31-21(28)16-4-2-3-5-17(16)23/h2-5,14-15H,6-13H2,1H3. The molecule has 10 heteroatoms. The lowest BCUT2D eigenvalue weighted by Gasteiger charge is -2.39. The predicted molar refractivity (Wildman–Crippen MR) is 117 cm³/mol. The number of esters is 1. The third-order valence-electron chi connectivity index (χ3n) is 6.23. The minimum absolute atomic E-state index is 0.0671. The number of hydrogen-bond acceptors (Lipinski definition) is 8. The van der Waals surface area contributed by atoms with Crippen molar-refractivity contribution in [3.8, 4) is 0 Å². The van der Waals surface area contributed by atoms with Crippen molar-refractivity contribution in [2.75, 3.05) is 48.9 Å². The minimum atomic E-state index is -1.10. The third-order valence-corrected chi connectivity index (χ3v) is 7.68. The number of aryl methyl sites for hydroxylation is 1. The molecule has 1 aromatic carbocycles. The van der Waals surface area contributed by atoms with Gasteiger partial charge in [0.05, 0.1) is 35.1 Å². The highest BCUT2D eigenvalue weighted by Crippen LogP contribution is 2.34. The van der Waals surface area contributed by atoms with Crippen molar-refractivity contribution in [1.82, 2.24) is 9.97 Å². The lowest BCUT2D eigenvalue weighted by Crippen LogP contribution is -2.54. The molecule has 0 spiro atoms. The van der Waals surface area contributed by atoms with Gasteiger partial charge in [-0.3, -0.25) is 4.21 Å². The van der Waals surface area contributed by atoms with Crippen molar-refractivity contribution in [2.45, 2.75) is 36.3 Å². The van der Waals surface area contributed by atoms with Crippen LogP contribution in [0.25, 0.3) is 0 Å². The van der Waals surface area contributed by atoms with E-state index in [1.165, 1.54) is 18.2 Å². The number of anilines is 2. The van der Waals surface area contributed by atoms with Gasteiger partial charge in [0.1, 0.15) is 16.8 Å². The molecule has 0 N–H and O–H groups in total. The molecule has 0 saturated carbocycles. The van der Waals surface area contributed by atoms with E-state index in [0.29, 0.717) is 44.4 Å². The van der Waals surface area contributed by atoms with Crippen molar-refractivity contribution in [3.05, 3.63) is 41.3 Å². The first kappa shape index (κ1) is 21.3. The van der Waals surface area contributed by atoms with Crippen LogP contribution in [-0.2, 0) is 26.7 Å². The summed E-state index contributed by atoms with van der Waals surface area (Å²) < 4.78 is 37.4. The molecule has 170 valence electrons. The summed E-state index contributed by atoms with van der Waals surface area (Å²) in [6.45, 7) is 2.28. The lowest BCUT2D eigenvalue weighted by atomic mass is 10.1. The van der Waals surface area contributed by atoms with Gasteiger partial charge in [0.25, 0.3) is 0 Å². The molecule has 1 atom stereocenters. The highest BCUT2D eigenvalue weighted by Gasteiger charge is 2.36. The first-order valence-electron chi connectivity index (χ1n) is 10.8. The van der Waals surface area contributed by atoms with Crippen molar-refractivity contribution >= 4 is 28.5 Å². The molecule has 3 aliphatic heterocycles. The highest BCUT2D eigenvalue weighted by molar-refractivity contribution is 7.85. The molecule has 1 aromatic heterocycles. The second kappa shape index (κ2) is 8.74. The lowest BCUT2D eigenvalue weighted by molar-refractivity contribution is 0.0226. The van der Waals surface area contributed by atoms with Gasteiger partial charge in [0.2, 0.25) is 5.95 Å². The molecule has 5 rings (SSSR count). The Morgan fingerprint density at radius 1 is 1.25 bits per heavy atom. The Morgan fingerprint density at radius 2 is 2.00 bits per heavy atom. The zero-order valence-electron chi connectivity index (χ0n) is 17.8. The molecule has 0 radical (unpaired) electrons. The topological polar surface area (TPSA) is 84.9 Å². The van der Waals surface area contributed by atoms with Crippen molar-refractivity contribution < 1.29 is 22.9 Å². The number of ether oxygens (including phenoxy) is 2. The van der Waals surface area contributed by atoms with E-state index >= 15 is 0 Å². The van der Waals surface area contributed by atoms with Crippen LogP contribution < -0.4 is 9.80 Å². The molecule has 2 aromatic rings. The minimum Gasteiger partial charge on any atom is -0.455 e. The number of benzene rings is 1. The van der Waals surface area contributed by atoms with Gasteiger partial charge in [-0.15, -0.1) is 0 Å². The molecule has 32 heavy (non-hydrogen) atoms. The SMILES string of the molecule is CN(c1nc(N2CC(OC(=O)c3ccccc3F)C2)nc2c1S(=O)CC2)C1CCOCC1. The van der Waals surface area contributed by atoms with Crippen LogP contribution in [0.2, 0.25) is 0 Å². The largest absolute Gasteiger partial charge is 0.455 e. The van der Waals surface area contributed by atoms with Gasteiger partial charge < -0.3 is 19.3 Å². The Labute approximate surface area is 188 Å². The number of carbonyl (C=O) groups excluding carboxylic acids is 1. The van der Waals surface area contributed by atoms with Gasteiger partial charge in [0.15, 0.2) is 5.82 Å². The maximum atomic E-state index is 13.8. The summed E-state index contributed by atoms with van der Waals surface area (Å²) in [6.07, 6.45) is 2.10. The summed E-state index contributed by atoms with van der Waals surface area (Å²) in [5, 5.41) is 0. The van der Waals surface area contributed by atoms with Gasteiger partial charge in [0, 0.05) is 38.5 Å². The monoisotopic (exact) mass is 460 g/mol. The van der Waals surface area contributed by atoms with Crippen molar-refractivity contribution in [1.29, 1.82) is 0 Å². The molecule has 1 unspecified atom stereocenters. The number of fused-ring (bicyclic) bond motifs is 1. The maximum absolute atomic E-state index is 13.8. The summed E-state index contributed by atoms with van der Waals surface area (Å²) in [5.41, 5.74) is 0.761. The van der Waals surface area contributed by atoms with Crippen LogP contribution in [0.1, 0.15) is 28.9 Å². The quantitative estimate of drug-likeness (QED) is 0.626. The summed E-state index contributed by atoms with van der Waals surface area (Å²) in [5.74, 6) is 0.571. The smallest absolute Gasteiger partial charge is 0.341 e. The normalized spacial score (nSPS) is 21.2. The van der Waals surface area contributed by atoms with E-state index in [-0.39, 0.29) is 17.7 Å². The van der Waals surface area contributed by atoms with Gasteiger partial charge in [-0.1, -0.05) is 12.1 Å². The van der Waals surface area contributed by atoms with Gasteiger partial charge in [-0.05, 0) is 25.0 Å². The number of hydrogen-bond donors (Lipinski definition) is 0. The molecular formula is C22H25FN4O4S. The number of aromatic nitrogens is 2. The van der Waals surface area contributed by atoms with Crippen LogP contribution in [0, 0.1) is 5.82 Å². The fourth-order valence-corrected chi connectivity index (χ4v) is 5.70. The van der Waals surface area contributed by atoms with E-state index < -0.39 is 22.6 Å². The van der Waals surface area contributed by atoms with Crippen molar-refractivity contribution in [3.63, 3.8) is 0 Å². The van der Waals surface area contributed by atoms with Crippen LogP contribution in [0.4, 0.5) is 16.2 Å². The molecule has 3 aliphatic rings. The Kier molecular flexibility index (Phi) is 5.81. The Bertz CT molecular complexity index is 1060. The second-order valence-corrected chi connectivity index (χ2v) is 9.80.